The zero-order chi connectivity index (χ0) is 29.7. The minimum atomic E-state index is -4.99. The van der Waals surface area contributed by atoms with Crippen LogP contribution in [0.4, 0.5) is 32.0 Å². The van der Waals surface area contributed by atoms with Gasteiger partial charge in [0.1, 0.15) is 0 Å². The molecule has 0 aliphatic rings. The molecule has 0 heterocycles. The van der Waals surface area contributed by atoms with Crippen molar-refractivity contribution in [1.29, 1.82) is 0 Å². The number of rotatable bonds is 6. The first-order chi connectivity index (χ1) is 17.6. The molecule has 2 unspecified atom stereocenters. The fourth-order valence-corrected chi connectivity index (χ4v) is 4.15. The quantitative estimate of drug-likeness (QED) is 0.321. The van der Waals surface area contributed by atoms with E-state index in [-0.39, 0.29) is 16.9 Å². The molecule has 0 radical (unpaired) electrons. The number of nitrogens with zero attached hydrogens (tertiary/aromatic N) is 1. The molecule has 38 heavy (non-hydrogen) atoms. The Morgan fingerprint density at radius 3 is 2.13 bits per heavy atom. The smallest absolute Gasteiger partial charge is 0.388 e. The van der Waals surface area contributed by atoms with Gasteiger partial charge in [0.25, 0.3) is 5.91 Å². The molecular formula is C25H31F6N3O3S. The highest BCUT2D eigenvalue weighted by Gasteiger charge is 2.38. The third kappa shape index (κ3) is 11.9. The second-order valence-electron chi connectivity index (χ2n) is 7.52. The Kier molecular flexibility index (Phi) is 14.6. The lowest BCUT2D eigenvalue weighted by molar-refractivity contribution is -0.169. The summed E-state index contributed by atoms with van der Waals surface area (Å²) in [5.41, 5.74) is 0.890. The number of amides is 2. The topological polar surface area (TPSA) is 87.6 Å². The summed E-state index contributed by atoms with van der Waals surface area (Å²) in [6, 6.07) is 9.36. The normalized spacial score (nSPS) is 12.6. The fourth-order valence-electron chi connectivity index (χ4n) is 2.88. The van der Waals surface area contributed by atoms with Gasteiger partial charge in [0, 0.05) is 30.1 Å². The van der Waals surface area contributed by atoms with E-state index >= 15 is 0 Å². The number of benzene rings is 2. The molecule has 0 aromatic heterocycles. The van der Waals surface area contributed by atoms with Crippen LogP contribution >= 0.6 is 0 Å². The van der Waals surface area contributed by atoms with Gasteiger partial charge in [-0.15, -0.1) is 0 Å². The van der Waals surface area contributed by atoms with Crippen molar-refractivity contribution in [2.45, 2.75) is 46.1 Å². The molecule has 0 bridgehead atoms. The molecule has 13 heteroatoms. The van der Waals surface area contributed by atoms with Gasteiger partial charge in [-0.05, 0) is 43.9 Å². The molecule has 6 nitrogen and oxygen atoms in total. The minimum absolute atomic E-state index is 0.0792. The van der Waals surface area contributed by atoms with Crippen molar-refractivity contribution >= 4 is 34.5 Å². The molecule has 0 saturated carbocycles. The van der Waals surface area contributed by atoms with E-state index in [0.717, 1.165) is 12.1 Å². The Hall–Kier alpha value is -3.22. The van der Waals surface area contributed by atoms with E-state index in [9.17, 15) is 40.7 Å². The van der Waals surface area contributed by atoms with Crippen molar-refractivity contribution in [3.05, 3.63) is 64.7 Å². The Morgan fingerprint density at radius 2 is 1.63 bits per heavy atom. The van der Waals surface area contributed by atoms with E-state index in [4.69, 9.17) is 0 Å². The van der Waals surface area contributed by atoms with E-state index < -0.39 is 46.5 Å². The van der Waals surface area contributed by atoms with Crippen LogP contribution in [0.15, 0.2) is 46.8 Å². The number of alkyl halides is 6. The van der Waals surface area contributed by atoms with Gasteiger partial charge in [-0.25, -0.2) is 0 Å². The molecule has 2 aromatic rings. The first kappa shape index (κ1) is 34.8. The first-order valence-corrected chi connectivity index (χ1v) is 13.0. The maximum absolute atomic E-state index is 12.3. The summed E-state index contributed by atoms with van der Waals surface area (Å²) >= 11 is 0. The van der Waals surface area contributed by atoms with Crippen molar-refractivity contribution in [2.75, 3.05) is 24.4 Å². The number of nitrogens with one attached hydrogen (secondary N) is 2. The minimum Gasteiger partial charge on any atom is -0.388 e. The SMILES string of the molecule is CC.CNc1cccc(C(F)(F)F)c1.Cc1cccc(C=O)c1C(=O)NC(C)CS(C)=NC(=O)C(F)(F)F. The van der Waals surface area contributed by atoms with E-state index in [1.165, 1.54) is 18.4 Å². The maximum atomic E-state index is 12.3. The highest BCUT2D eigenvalue weighted by Crippen LogP contribution is 2.30. The lowest BCUT2D eigenvalue weighted by Crippen LogP contribution is -2.37. The van der Waals surface area contributed by atoms with Crippen LogP contribution in [0.2, 0.25) is 0 Å². The standard InChI is InChI=1S/C15H17F3N2O3S.C8H8F3N.C2H6/c1-9-5-4-6-11(7-21)12(9)13(22)19-10(2)8-24(3)20-14(23)15(16,17)18;1-12-7-4-2-3-6(5-7)8(9,10)11;1-2/h4-7,10H,8H2,1-3H3,(H,19,22);2-5,12H,1H3;1-2H3. The Labute approximate surface area is 220 Å². The van der Waals surface area contributed by atoms with Crippen LogP contribution in [0, 0.1) is 6.92 Å². The Morgan fingerprint density at radius 1 is 1.05 bits per heavy atom. The molecule has 2 N–H and O–H groups in total. The number of anilines is 1. The van der Waals surface area contributed by atoms with Crippen molar-refractivity contribution in [3.63, 3.8) is 0 Å². The van der Waals surface area contributed by atoms with Gasteiger partial charge in [0.15, 0.2) is 6.29 Å². The molecular weight excluding hydrogens is 536 g/mol. The second-order valence-corrected chi connectivity index (χ2v) is 9.24. The highest BCUT2D eigenvalue weighted by molar-refractivity contribution is 7.86. The van der Waals surface area contributed by atoms with Gasteiger partial charge >= 0.3 is 18.3 Å². The predicted octanol–water partition coefficient (Wildman–Crippen LogP) is 6.22. The summed E-state index contributed by atoms with van der Waals surface area (Å²) < 4.78 is 75.8. The summed E-state index contributed by atoms with van der Waals surface area (Å²) in [7, 11) is 0.388. The summed E-state index contributed by atoms with van der Waals surface area (Å²) in [6.07, 6.45) is -7.30. The summed E-state index contributed by atoms with van der Waals surface area (Å²) in [5, 5.41) is 5.25. The molecule has 0 aliphatic heterocycles. The van der Waals surface area contributed by atoms with Gasteiger partial charge in [-0.2, -0.15) is 30.7 Å². The van der Waals surface area contributed by atoms with E-state index in [2.05, 4.69) is 15.0 Å². The number of aryl methyl sites for hydroxylation is 1. The molecule has 0 aliphatic carbocycles. The van der Waals surface area contributed by atoms with Gasteiger partial charge in [-0.1, -0.05) is 48.8 Å². The molecule has 0 fully saturated rings. The van der Waals surface area contributed by atoms with Crippen molar-refractivity contribution < 1.29 is 40.7 Å². The summed E-state index contributed by atoms with van der Waals surface area (Å²) in [6.45, 7) is 7.27. The van der Waals surface area contributed by atoms with Gasteiger partial charge in [0.05, 0.1) is 11.1 Å². The molecule has 212 valence electrons. The van der Waals surface area contributed by atoms with Crippen LogP contribution < -0.4 is 10.6 Å². The zero-order valence-corrected chi connectivity index (χ0v) is 22.6. The van der Waals surface area contributed by atoms with Crippen LogP contribution in [0.3, 0.4) is 0 Å². The largest absolute Gasteiger partial charge is 0.474 e. The van der Waals surface area contributed by atoms with Crippen LogP contribution in [0.25, 0.3) is 0 Å². The third-order valence-corrected chi connectivity index (χ3v) is 5.95. The van der Waals surface area contributed by atoms with Crippen molar-refractivity contribution in [1.82, 2.24) is 5.32 Å². The van der Waals surface area contributed by atoms with Crippen LogP contribution in [0.1, 0.15) is 52.6 Å². The summed E-state index contributed by atoms with van der Waals surface area (Å²) in [4.78, 5) is 34.1. The average molecular weight is 568 g/mol. The highest BCUT2D eigenvalue weighted by atomic mass is 32.2. The Bertz CT molecular complexity index is 1120. The van der Waals surface area contributed by atoms with Crippen molar-refractivity contribution in [3.8, 4) is 0 Å². The first-order valence-electron chi connectivity index (χ1n) is 11.3. The van der Waals surface area contributed by atoms with E-state index in [1.54, 1.807) is 39.1 Å². The van der Waals surface area contributed by atoms with Crippen LogP contribution in [-0.2, 0) is 21.7 Å². The predicted molar refractivity (Wildman–Crippen MR) is 137 cm³/mol. The maximum Gasteiger partial charge on any atom is 0.474 e. The number of carbonyl (C=O) groups excluding carboxylic acids is 3. The third-order valence-electron chi connectivity index (χ3n) is 4.49. The van der Waals surface area contributed by atoms with Crippen LogP contribution in [-0.4, -0.2) is 49.4 Å². The summed E-state index contributed by atoms with van der Waals surface area (Å²) in [5.74, 6) is -2.55. The molecule has 2 atom stereocenters. The number of aldehydes is 1. The molecule has 0 spiro atoms. The monoisotopic (exact) mass is 567 g/mol. The zero-order valence-electron chi connectivity index (χ0n) is 21.8. The molecule has 0 saturated heterocycles. The van der Waals surface area contributed by atoms with E-state index in [0.29, 0.717) is 17.5 Å². The Balaban J connectivity index is 0.000000815. The number of carbonyl (C=O) groups is 3. The fraction of sp³-hybridized carbons (Fsp3) is 0.400. The second kappa shape index (κ2) is 15.9. The average Bonchev–Trinajstić information content (AvgIpc) is 2.84. The molecule has 2 amide bonds. The lowest BCUT2D eigenvalue weighted by Gasteiger charge is -2.16. The molecule has 2 rings (SSSR count). The van der Waals surface area contributed by atoms with E-state index in [1.807, 2.05) is 13.8 Å². The lowest BCUT2D eigenvalue weighted by atomic mass is 10.0. The van der Waals surface area contributed by atoms with Gasteiger partial charge in [0.2, 0.25) is 0 Å². The van der Waals surface area contributed by atoms with Gasteiger partial charge in [-0.3, -0.25) is 14.4 Å². The number of hydrogen-bond donors (Lipinski definition) is 2. The molecule has 2 aromatic carbocycles. The van der Waals surface area contributed by atoms with Crippen molar-refractivity contribution in [2.24, 2.45) is 4.36 Å². The number of halogens is 6. The number of hydrogen-bond acceptors (Lipinski definition) is 4. The van der Waals surface area contributed by atoms with Crippen LogP contribution in [0.5, 0.6) is 0 Å². The van der Waals surface area contributed by atoms with Gasteiger partial charge < -0.3 is 10.6 Å².